The number of hydrogen-bond donors (Lipinski definition) is 4. The summed E-state index contributed by atoms with van der Waals surface area (Å²) in [6, 6.07) is 6.55. The number of benzene rings is 2. The van der Waals surface area contributed by atoms with Crippen molar-refractivity contribution < 1.29 is 43.4 Å². The zero-order valence-corrected chi connectivity index (χ0v) is 17.3. The average molecular weight is 405 g/mol. The molecule has 9 nitrogen and oxygen atoms in total. The number of methoxy groups -OCH3 is 1. The summed E-state index contributed by atoms with van der Waals surface area (Å²) in [6.07, 6.45) is -0.859. The first-order valence-electron chi connectivity index (χ1n) is 7.37. The van der Waals surface area contributed by atoms with Crippen molar-refractivity contribution in [1.82, 2.24) is 0 Å². The molecule has 27 heavy (non-hydrogen) atoms. The van der Waals surface area contributed by atoms with E-state index < -0.39 is 25.5 Å². The number of carbonyl (C=O) groups is 1. The maximum atomic E-state index is 12.4. The van der Waals surface area contributed by atoms with E-state index in [4.69, 9.17) is 19.3 Å². The molecular weight excluding hydrogens is 390 g/mol. The van der Waals surface area contributed by atoms with E-state index in [1.165, 1.54) is 19.2 Å². The van der Waals surface area contributed by atoms with E-state index in [0.717, 1.165) is 12.1 Å². The number of carbonyl (C=O) groups excluding carboxylic acids is 1. The van der Waals surface area contributed by atoms with Gasteiger partial charge in [0.15, 0.2) is 17.3 Å². The van der Waals surface area contributed by atoms with E-state index >= 15 is 0 Å². The van der Waals surface area contributed by atoms with Crippen molar-refractivity contribution in [2.24, 2.45) is 0 Å². The largest absolute Gasteiger partial charge is 0.524 e. The molecule has 0 bridgehead atoms. The third kappa shape index (κ3) is 4.76. The predicted octanol–water partition coefficient (Wildman–Crippen LogP) is 1.90. The Morgan fingerprint density at radius 3 is 2.44 bits per heavy atom. The van der Waals surface area contributed by atoms with Crippen LogP contribution in [-0.2, 0) is 4.57 Å². The standard InChI is InChI=1S/C16H15O9P.Na/c1-23-13-3-2-8(4-10(13)17)14-7-12(19)16-11(18)5-9(6-15(16)24-14)25-26(20,21)22;/h2-6,14,17-18H,7H2,1H3,(H2,20,21,22);/t14-;/m0./s1. The van der Waals surface area contributed by atoms with E-state index in [2.05, 4.69) is 4.52 Å². The first-order valence-corrected chi connectivity index (χ1v) is 8.90. The van der Waals surface area contributed by atoms with Crippen LogP contribution >= 0.6 is 7.82 Å². The van der Waals surface area contributed by atoms with Gasteiger partial charge in [-0.1, -0.05) is 6.07 Å². The molecular formula is C16H15NaO9P. The number of phenols is 2. The quantitative estimate of drug-likeness (QED) is 0.443. The average Bonchev–Trinajstić information content (AvgIpc) is 2.52. The van der Waals surface area contributed by atoms with E-state index in [1.807, 2.05) is 0 Å². The van der Waals surface area contributed by atoms with Gasteiger partial charge in [0.1, 0.15) is 28.9 Å². The molecule has 1 radical (unpaired) electrons. The van der Waals surface area contributed by atoms with Gasteiger partial charge in [-0.2, -0.15) is 0 Å². The molecule has 0 saturated carbocycles. The minimum Gasteiger partial charge on any atom is -0.507 e. The Kier molecular flexibility index (Phi) is 6.47. The number of aromatic hydroxyl groups is 2. The molecule has 4 N–H and O–H groups in total. The molecule has 1 aliphatic heterocycles. The van der Waals surface area contributed by atoms with Gasteiger partial charge in [-0.25, -0.2) is 4.57 Å². The minimum atomic E-state index is -4.85. The molecule has 11 heteroatoms. The molecule has 2 aromatic carbocycles. The molecule has 1 heterocycles. The second-order valence-electron chi connectivity index (χ2n) is 5.56. The Hall–Kier alpha value is -1.74. The third-order valence-electron chi connectivity index (χ3n) is 3.77. The summed E-state index contributed by atoms with van der Waals surface area (Å²) in [4.78, 5) is 30.1. The molecule has 0 aliphatic carbocycles. The van der Waals surface area contributed by atoms with E-state index in [9.17, 15) is 19.6 Å². The molecule has 0 aromatic heterocycles. The van der Waals surface area contributed by atoms with Crippen molar-refractivity contribution in [2.75, 3.05) is 7.11 Å². The monoisotopic (exact) mass is 405 g/mol. The molecule has 0 saturated heterocycles. The summed E-state index contributed by atoms with van der Waals surface area (Å²) in [7, 11) is -3.45. The molecule has 0 fully saturated rings. The fraction of sp³-hybridized carbons (Fsp3) is 0.188. The molecule has 0 unspecified atom stereocenters. The number of Topliss-reactive ketones (excluding diaryl/α,β-unsaturated/α-hetero) is 1. The van der Waals surface area contributed by atoms with E-state index in [1.54, 1.807) is 6.07 Å². The summed E-state index contributed by atoms with van der Waals surface area (Å²) < 4.78 is 26.1. The van der Waals surface area contributed by atoms with Crippen molar-refractivity contribution in [2.45, 2.75) is 12.5 Å². The van der Waals surface area contributed by atoms with Crippen molar-refractivity contribution in [1.29, 1.82) is 0 Å². The van der Waals surface area contributed by atoms with Crippen LogP contribution in [0.25, 0.3) is 0 Å². The van der Waals surface area contributed by atoms with Crippen molar-refractivity contribution in [3.05, 3.63) is 41.5 Å². The van der Waals surface area contributed by atoms with Crippen LogP contribution in [-0.4, -0.2) is 62.5 Å². The molecule has 139 valence electrons. The predicted molar refractivity (Wildman–Crippen MR) is 93.5 cm³/mol. The first kappa shape index (κ1) is 21.6. The van der Waals surface area contributed by atoms with Crippen LogP contribution in [0, 0.1) is 0 Å². The van der Waals surface area contributed by atoms with Crippen LogP contribution in [0.3, 0.4) is 0 Å². The molecule has 0 spiro atoms. The summed E-state index contributed by atoms with van der Waals surface area (Å²) in [5.74, 6) is -1.23. The van der Waals surface area contributed by atoms with Gasteiger partial charge in [-0.05, 0) is 17.7 Å². The van der Waals surface area contributed by atoms with Gasteiger partial charge < -0.3 is 24.2 Å². The summed E-state index contributed by atoms with van der Waals surface area (Å²) in [5.41, 5.74) is 0.389. The second kappa shape index (κ2) is 8.10. The summed E-state index contributed by atoms with van der Waals surface area (Å²) >= 11 is 0. The topological polar surface area (TPSA) is 143 Å². The Balaban J connectivity index is 0.00000261. The fourth-order valence-electron chi connectivity index (χ4n) is 2.70. The number of ketones is 1. The fourth-order valence-corrected chi connectivity index (χ4v) is 3.08. The number of ether oxygens (including phenoxy) is 2. The number of fused-ring (bicyclic) bond motifs is 1. The Morgan fingerprint density at radius 2 is 1.85 bits per heavy atom. The SMILES string of the molecule is COc1ccc([C@@H]2CC(=O)c3c(O)cc(OP(=O)(O)O)cc3O2)cc1O.[Na]. The van der Waals surface area contributed by atoms with Gasteiger partial charge in [-0.3, -0.25) is 14.6 Å². The first-order chi connectivity index (χ1) is 12.2. The van der Waals surface area contributed by atoms with Gasteiger partial charge >= 0.3 is 7.82 Å². The molecule has 3 rings (SSSR count). The Labute approximate surface area is 176 Å². The van der Waals surface area contributed by atoms with Crippen LogP contribution in [0.1, 0.15) is 28.4 Å². The normalized spacial score (nSPS) is 16.0. The second-order valence-corrected chi connectivity index (χ2v) is 6.73. The molecule has 2 aromatic rings. The van der Waals surface area contributed by atoms with Crippen LogP contribution in [0.2, 0.25) is 0 Å². The van der Waals surface area contributed by atoms with Gasteiger partial charge in [-0.15, -0.1) is 0 Å². The molecule has 0 amide bonds. The Morgan fingerprint density at radius 1 is 1.15 bits per heavy atom. The van der Waals surface area contributed by atoms with Crippen LogP contribution in [0.15, 0.2) is 30.3 Å². The summed E-state index contributed by atoms with van der Waals surface area (Å²) in [5, 5.41) is 19.9. The van der Waals surface area contributed by atoms with Crippen LogP contribution in [0.4, 0.5) is 0 Å². The minimum absolute atomic E-state index is 0. The molecule has 1 aliphatic rings. The summed E-state index contributed by atoms with van der Waals surface area (Å²) in [6.45, 7) is 0. The van der Waals surface area contributed by atoms with Gasteiger partial charge in [0, 0.05) is 41.7 Å². The Bertz CT molecular complexity index is 924. The smallest absolute Gasteiger partial charge is 0.507 e. The zero-order chi connectivity index (χ0) is 19.1. The van der Waals surface area contributed by atoms with Crippen molar-refractivity contribution in [3.63, 3.8) is 0 Å². The number of phosphoric acid groups is 1. The number of phosphoric ester groups is 1. The van der Waals surface area contributed by atoms with E-state index in [-0.39, 0.29) is 64.5 Å². The van der Waals surface area contributed by atoms with Gasteiger partial charge in [0.05, 0.1) is 13.5 Å². The third-order valence-corrected chi connectivity index (χ3v) is 4.22. The van der Waals surface area contributed by atoms with Crippen LogP contribution < -0.4 is 14.0 Å². The van der Waals surface area contributed by atoms with Crippen molar-refractivity contribution >= 4 is 43.2 Å². The maximum absolute atomic E-state index is 12.4. The maximum Gasteiger partial charge on any atom is 0.524 e. The number of phenolic OH excluding ortho intramolecular Hbond substituents is 2. The van der Waals surface area contributed by atoms with E-state index in [0.29, 0.717) is 5.56 Å². The van der Waals surface area contributed by atoms with Gasteiger partial charge in [0.25, 0.3) is 0 Å². The van der Waals surface area contributed by atoms with Crippen molar-refractivity contribution in [3.8, 4) is 28.7 Å². The van der Waals surface area contributed by atoms with Crippen LogP contribution in [0.5, 0.6) is 28.7 Å². The number of hydrogen-bond acceptors (Lipinski definition) is 7. The van der Waals surface area contributed by atoms with Gasteiger partial charge in [0.2, 0.25) is 0 Å². The molecule has 1 atom stereocenters. The zero-order valence-electron chi connectivity index (χ0n) is 14.4. The number of rotatable bonds is 4.